The van der Waals surface area contributed by atoms with Crippen molar-refractivity contribution in [1.29, 1.82) is 0 Å². The molecule has 0 saturated carbocycles. The van der Waals surface area contributed by atoms with E-state index in [-0.39, 0.29) is 18.9 Å². The van der Waals surface area contributed by atoms with Crippen LogP contribution < -0.4 is 5.32 Å². The number of amides is 1. The molecule has 0 aliphatic carbocycles. The van der Waals surface area contributed by atoms with Crippen molar-refractivity contribution >= 4 is 5.91 Å². The second-order valence-corrected chi connectivity index (χ2v) is 20.1. The number of nitrogens with one attached hydrogen (secondary N) is 1. The molecule has 406 valence electrons. The van der Waals surface area contributed by atoms with Gasteiger partial charge < -0.3 is 65.1 Å². The Morgan fingerprint density at radius 3 is 1.42 bits per heavy atom. The van der Waals surface area contributed by atoms with Crippen molar-refractivity contribution in [2.45, 2.75) is 299 Å². The molecule has 1 amide bonds. The average molecular weight is 986 g/mol. The highest BCUT2D eigenvalue weighted by molar-refractivity contribution is 5.76. The molecule has 0 bridgehead atoms. The number of allylic oxidation sites excluding steroid dienone is 3. The second-order valence-electron chi connectivity index (χ2n) is 20.1. The molecule has 2 heterocycles. The van der Waals surface area contributed by atoms with Crippen molar-refractivity contribution in [2.24, 2.45) is 0 Å². The van der Waals surface area contributed by atoms with Gasteiger partial charge in [0.25, 0.3) is 0 Å². The van der Waals surface area contributed by atoms with Crippen molar-refractivity contribution in [3.63, 3.8) is 0 Å². The van der Waals surface area contributed by atoms with Crippen molar-refractivity contribution in [2.75, 3.05) is 19.8 Å². The van der Waals surface area contributed by atoms with Gasteiger partial charge in [-0.05, 0) is 32.1 Å². The molecule has 14 nitrogen and oxygen atoms in total. The number of hydrogen-bond donors (Lipinski definition) is 9. The van der Waals surface area contributed by atoms with Crippen LogP contribution in [0, 0.1) is 0 Å². The van der Waals surface area contributed by atoms with Crippen LogP contribution in [0.5, 0.6) is 0 Å². The standard InChI is InChI=1S/C55H103NO13/c1-3-5-7-9-11-12-13-14-15-16-17-18-19-20-21-22-23-24-25-26-27-28-29-30-31-33-34-36-38-44(59)43(56-47(60)39-37-35-32-10-8-6-4-2)42-66-54-52(65)50(63)53(46(41-58)68-54)69-55-51(64)49(62)48(61)45(40-57)67-55/h30-31,36,38,43-46,48-55,57-59,61-65H,3-29,32-35,37,39-42H2,1-2H3,(H,56,60)/b31-30+,38-36+. The Bertz CT molecular complexity index is 1260. The minimum Gasteiger partial charge on any atom is -0.394 e. The monoisotopic (exact) mass is 986 g/mol. The van der Waals surface area contributed by atoms with Crippen molar-refractivity contribution in [3.8, 4) is 0 Å². The first-order valence-electron chi connectivity index (χ1n) is 28.1. The van der Waals surface area contributed by atoms with Crippen molar-refractivity contribution in [3.05, 3.63) is 24.3 Å². The van der Waals surface area contributed by atoms with Crippen LogP contribution in [0.15, 0.2) is 24.3 Å². The molecule has 69 heavy (non-hydrogen) atoms. The Labute approximate surface area is 418 Å². The summed E-state index contributed by atoms with van der Waals surface area (Å²) in [7, 11) is 0. The molecule has 9 N–H and O–H groups in total. The molecule has 0 radical (unpaired) electrons. The van der Waals surface area contributed by atoms with Crippen LogP contribution in [0.2, 0.25) is 0 Å². The predicted molar refractivity (Wildman–Crippen MR) is 272 cm³/mol. The molecule has 2 aliphatic heterocycles. The Kier molecular flexibility index (Phi) is 38.6. The van der Waals surface area contributed by atoms with Gasteiger partial charge in [-0.15, -0.1) is 0 Å². The molecule has 14 heteroatoms. The first-order valence-corrected chi connectivity index (χ1v) is 28.1. The van der Waals surface area contributed by atoms with E-state index < -0.39 is 86.8 Å². The van der Waals surface area contributed by atoms with Crippen molar-refractivity contribution < 1.29 is 64.6 Å². The second kappa shape index (κ2) is 41.9. The predicted octanol–water partition coefficient (Wildman–Crippen LogP) is 8.50. The van der Waals surface area contributed by atoms with Gasteiger partial charge in [0.1, 0.15) is 48.8 Å². The first kappa shape index (κ1) is 63.6. The highest BCUT2D eigenvalue weighted by atomic mass is 16.7. The topological polar surface area (TPSA) is 228 Å². The number of carbonyl (C=O) groups excluding carboxylic acids is 1. The zero-order chi connectivity index (χ0) is 50.3. The summed E-state index contributed by atoms with van der Waals surface area (Å²) in [5.74, 6) is -0.255. The highest BCUT2D eigenvalue weighted by Gasteiger charge is 2.51. The number of carbonyl (C=O) groups is 1. The summed E-state index contributed by atoms with van der Waals surface area (Å²) < 4.78 is 22.6. The molecule has 12 atom stereocenters. The molecular weight excluding hydrogens is 883 g/mol. The first-order chi connectivity index (χ1) is 33.6. The molecule has 12 unspecified atom stereocenters. The fourth-order valence-corrected chi connectivity index (χ4v) is 9.31. The molecule has 2 fully saturated rings. The van der Waals surface area contributed by atoms with Gasteiger partial charge in [0.2, 0.25) is 5.91 Å². The Balaban J connectivity index is 1.68. The lowest BCUT2D eigenvalue weighted by Gasteiger charge is -2.46. The Morgan fingerprint density at radius 2 is 0.928 bits per heavy atom. The molecule has 2 rings (SSSR count). The molecule has 0 spiro atoms. The summed E-state index contributed by atoms with van der Waals surface area (Å²) in [6.45, 7) is 2.73. The number of aliphatic hydroxyl groups is 8. The van der Waals surface area contributed by atoms with E-state index in [4.69, 9.17) is 18.9 Å². The van der Waals surface area contributed by atoms with Gasteiger partial charge in [0.15, 0.2) is 12.6 Å². The van der Waals surface area contributed by atoms with Gasteiger partial charge in [-0.3, -0.25) is 4.79 Å². The number of hydrogen-bond acceptors (Lipinski definition) is 13. The average Bonchev–Trinajstić information content (AvgIpc) is 3.35. The van der Waals surface area contributed by atoms with Gasteiger partial charge >= 0.3 is 0 Å². The maximum Gasteiger partial charge on any atom is 0.220 e. The van der Waals surface area contributed by atoms with E-state index in [0.717, 1.165) is 38.5 Å². The molecule has 0 aromatic carbocycles. The van der Waals surface area contributed by atoms with Gasteiger partial charge in [0, 0.05) is 6.42 Å². The van der Waals surface area contributed by atoms with Crippen LogP contribution in [0.25, 0.3) is 0 Å². The third-order valence-corrected chi connectivity index (χ3v) is 13.9. The van der Waals surface area contributed by atoms with Gasteiger partial charge in [-0.25, -0.2) is 0 Å². The summed E-state index contributed by atoms with van der Waals surface area (Å²) in [5, 5.41) is 86.6. The summed E-state index contributed by atoms with van der Waals surface area (Å²) in [6, 6.07) is -0.925. The molecule has 0 aromatic heterocycles. The van der Waals surface area contributed by atoms with Gasteiger partial charge in [-0.2, -0.15) is 0 Å². The fraction of sp³-hybridized carbons (Fsp3) is 0.909. The largest absolute Gasteiger partial charge is 0.394 e. The lowest BCUT2D eigenvalue weighted by Crippen LogP contribution is -2.65. The zero-order valence-corrected chi connectivity index (χ0v) is 43.3. The Morgan fingerprint density at radius 1 is 0.507 bits per heavy atom. The van der Waals surface area contributed by atoms with E-state index in [9.17, 15) is 45.6 Å². The lowest BCUT2D eigenvalue weighted by atomic mass is 9.97. The van der Waals surface area contributed by atoms with Gasteiger partial charge in [0.05, 0.1) is 32.0 Å². The highest BCUT2D eigenvalue weighted by Crippen LogP contribution is 2.30. The number of ether oxygens (including phenoxy) is 4. The summed E-state index contributed by atoms with van der Waals surface area (Å²) in [4.78, 5) is 13.0. The maximum atomic E-state index is 13.0. The van der Waals surface area contributed by atoms with Crippen LogP contribution in [-0.4, -0.2) is 140 Å². The Hall–Kier alpha value is -1.53. The third kappa shape index (κ3) is 28.5. The lowest BCUT2D eigenvalue weighted by molar-refractivity contribution is -0.359. The minimum atomic E-state index is -1.79. The minimum absolute atomic E-state index is 0.255. The zero-order valence-electron chi connectivity index (χ0n) is 43.3. The van der Waals surface area contributed by atoms with Gasteiger partial charge in [-0.1, -0.05) is 212 Å². The van der Waals surface area contributed by atoms with Crippen LogP contribution >= 0.6 is 0 Å². The van der Waals surface area contributed by atoms with Crippen LogP contribution in [0.4, 0.5) is 0 Å². The van der Waals surface area contributed by atoms with E-state index in [2.05, 4.69) is 31.3 Å². The normalized spacial score (nSPS) is 26.3. The van der Waals surface area contributed by atoms with Crippen molar-refractivity contribution in [1.82, 2.24) is 5.32 Å². The van der Waals surface area contributed by atoms with E-state index in [0.29, 0.717) is 12.8 Å². The fourth-order valence-electron chi connectivity index (χ4n) is 9.31. The smallest absolute Gasteiger partial charge is 0.220 e. The van der Waals surface area contributed by atoms with E-state index in [1.165, 1.54) is 154 Å². The van der Waals surface area contributed by atoms with Crippen LogP contribution in [0.1, 0.15) is 226 Å². The summed E-state index contributed by atoms with van der Waals surface area (Å²) in [5.41, 5.74) is 0. The number of aliphatic hydroxyl groups excluding tert-OH is 8. The molecule has 0 aromatic rings. The quantitative estimate of drug-likeness (QED) is 0.0206. The third-order valence-electron chi connectivity index (χ3n) is 13.9. The van der Waals surface area contributed by atoms with E-state index in [1.807, 2.05) is 6.08 Å². The SMILES string of the molecule is CCCCCCCCCCCCCCCCCCCCCCCC/C=C/CC/C=C/C(O)C(COC1OC(CO)C(OC2OC(CO)C(O)C(O)C2O)C(O)C1O)NC(=O)CCCCCCCCC. The maximum absolute atomic E-state index is 13.0. The van der Waals surface area contributed by atoms with E-state index in [1.54, 1.807) is 6.08 Å². The van der Waals surface area contributed by atoms with Crippen LogP contribution in [-0.2, 0) is 23.7 Å². The summed E-state index contributed by atoms with van der Waals surface area (Å²) >= 11 is 0. The van der Waals surface area contributed by atoms with E-state index >= 15 is 0 Å². The van der Waals surface area contributed by atoms with Crippen LogP contribution in [0.3, 0.4) is 0 Å². The summed E-state index contributed by atoms with van der Waals surface area (Å²) in [6.07, 6.45) is 31.4. The number of rotatable bonds is 44. The molecular formula is C55H103NO13. The molecule has 2 saturated heterocycles. The molecule has 2 aliphatic rings. The number of unbranched alkanes of at least 4 members (excludes halogenated alkanes) is 29.